The van der Waals surface area contributed by atoms with Crippen LogP contribution in [0.25, 0.3) is 10.9 Å². The van der Waals surface area contributed by atoms with Crippen LogP contribution in [-0.4, -0.2) is 33.3 Å². The average molecular weight is 388 g/mol. The van der Waals surface area contributed by atoms with Gasteiger partial charge in [0.1, 0.15) is 0 Å². The molecule has 0 radical (unpaired) electrons. The number of thioether (sulfide) groups is 1. The molecule has 2 N–H and O–H groups in total. The predicted octanol–water partition coefficient (Wildman–Crippen LogP) is 2.67. The molecule has 1 fully saturated rings. The summed E-state index contributed by atoms with van der Waals surface area (Å²) in [5.74, 6) is -0.381. The van der Waals surface area contributed by atoms with Gasteiger partial charge in [-0.15, -0.1) is 0 Å². The third-order valence-electron chi connectivity index (χ3n) is 4.55. The van der Waals surface area contributed by atoms with E-state index in [1.807, 2.05) is 19.1 Å². The summed E-state index contributed by atoms with van der Waals surface area (Å²) >= 11 is 1.17. The second-order valence-corrected chi connectivity index (χ2v) is 7.60. The maximum absolute atomic E-state index is 12.7. The monoisotopic (exact) mass is 388 g/mol. The van der Waals surface area contributed by atoms with Crippen molar-refractivity contribution in [1.29, 1.82) is 0 Å². The molecule has 1 aliphatic carbocycles. The van der Waals surface area contributed by atoms with Crippen molar-refractivity contribution >= 4 is 34.6 Å². The van der Waals surface area contributed by atoms with Crippen molar-refractivity contribution in [2.75, 3.05) is 5.75 Å². The van der Waals surface area contributed by atoms with Crippen LogP contribution >= 0.6 is 11.8 Å². The van der Waals surface area contributed by atoms with Crippen molar-refractivity contribution in [2.45, 2.75) is 56.8 Å². The Kier molecular flexibility index (Phi) is 6.49. The highest BCUT2D eigenvalue weighted by molar-refractivity contribution is 7.99. The number of carbonyl (C=O) groups excluding carboxylic acids is 2. The highest BCUT2D eigenvalue weighted by Crippen LogP contribution is 2.19. The molecule has 0 atom stereocenters. The lowest BCUT2D eigenvalue weighted by atomic mass is 10.2. The normalized spacial score (nSPS) is 14.4. The molecule has 3 rings (SSSR count). The summed E-state index contributed by atoms with van der Waals surface area (Å²) in [5.41, 5.74) is 0.501. The van der Waals surface area contributed by atoms with E-state index in [2.05, 4.69) is 15.6 Å². The van der Waals surface area contributed by atoms with Gasteiger partial charge in [0, 0.05) is 12.6 Å². The first kappa shape index (κ1) is 19.4. The Labute approximate surface area is 161 Å². The first-order chi connectivity index (χ1) is 13.1. The molecule has 3 amide bonds. The highest BCUT2D eigenvalue weighted by Gasteiger charge is 2.19. The fourth-order valence-corrected chi connectivity index (χ4v) is 4.09. The lowest BCUT2D eigenvalue weighted by molar-refractivity contribution is -0.117. The van der Waals surface area contributed by atoms with Gasteiger partial charge in [-0.05, 0) is 31.4 Å². The van der Waals surface area contributed by atoms with Crippen molar-refractivity contribution in [2.24, 2.45) is 0 Å². The van der Waals surface area contributed by atoms with E-state index in [0.717, 1.165) is 32.1 Å². The standard InChI is InChI=1S/C19H24N4O3S/c1-2-11-23-17(25)14-9-5-6-10-15(14)21-19(23)27-12-16(24)22-18(26)20-13-7-3-4-8-13/h5-6,9-10,13H,2-4,7-8,11-12H2,1H3,(H2,20,22,24,26). The van der Waals surface area contributed by atoms with Gasteiger partial charge < -0.3 is 5.32 Å². The molecule has 144 valence electrons. The van der Waals surface area contributed by atoms with Gasteiger partial charge in [-0.3, -0.25) is 19.5 Å². The maximum atomic E-state index is 12.7. The second-order valence-electron chi connectivity index (χ2n) is 6.66. The zero-order chi connectivity index (χ0) is 19.2. The summed E-state index contributed by atoms with van der Waals surface area (Å²) in [6.07, 6.45) is 4.92. The number of nitrogens with zero attached hydrogens (tertiary/aromatic N) is 2. The van der Waals surface area contributed by atoms with E-state index < -0.39 is 11.9 Å². The van der Waals surface area contributed by atoms with E-state index in [1.165, 1.54) is 11.8 Å². The van der Waals surface area contributed by atoms with Crippen LogP contribution in [0.3, 0.4) is 0 Å². The quantitative estimate of drug-likeness (QED) is 0.586. The van der Waals surface area contributed by atoms with Crippen LogP contribution in [0.4, 0.5) is 4.79 Å². The molecule has 1 aromatic heterocycles. The van der Waals surface area contributed by atoms with Crippen LogP contribution in [-0.2, 0) is 11.3 Å². The number of imide groups is 1. The number of nitrogens with one attached hydrogen (secondary N) is 2. The Morgan fingerprint density at radius 2 is 2.00 bits per heavy atom. The van der Waals surface area contributed by atoms with Crippen molar-refractivity contribution in [3.8, 4) is 0 Å². The summed E-state index contributed by atoms with van der Waals surface area (Å²) in [7, 11) is 0. The van der Waals surface area contributed by atoms with Crippen molar-refractivity contribution in [3.63, 3.8) is 0 Å². The minimum Gasteiger partial charge on any atom is -0.335 e. The fraction of sp³-hybridized carbons (Fsp3) is 0.474. The molecule has 1 saturated carbocycles. The molecule has 0 spiro atoms. The molecule has 1 aliphatic rings. The molecule has 27 heavy (non-hydrogen) atoms. The Balaban J connectivity index is 1.66. The lowest BCUT2D eigenvalue weighted by Gasteiger charge is -2.13. The molecule has 1 heterocycles. The molecule has 0 bridgehead atoms. The molecule has 0 unspecified atom stereocenters. The van der Waals surface area contributed by atoms with E-state index in [9.17, 15) is 14.4 Å². The number of amides is 3. The molecule has 0 saturated heterocycles. The number of carbonyl (C=O) groups is 2. The van der Waals surface area contributed by atoms with E-state index in [4.69, 9.17) is 0 Å². The number of fused-ring (bicyclic) bond motifs is 1. The number of hydrogen-bond acceptors (Lipinski definition) is 5. The summed E-state index contributed by atoms with van der Waals surface area (Å²) < 4.78 is 1.60. The van der Waals surface area contributed by atoms with Gasteiger partial charge in [-0.25, -0.2) is 9.78 Å². The molecule has 0 aliphatic heterocycles. The van der Waals surface area contributed by atoms with Crippen LogP contribution in [0.2, 0.25) is 0 Å². The first-order valence-electron chi connectivity index (χ1n) is 9.31. The van der Waals surface area contributed by atoms with Crippen molar-refractivity contribution in [1.82, 2.24) is 20.2 Å². The van der Waals surface area contributed by atoms with Crippen LogP contribution in [0.1, 0.15) is 39.0 Å². The summed E-state index contributed by atoms with van der Waals surface area (Å²) in [5, 5.41) is 6.24. The number of benzene rings is 1. The number of hydrogen-bond donors (Lipinski definition) is 2. The second kappa shape index (κ2) is 9.03. The zero-order valence-corrected chi connectivity index (χ0v) is 16.2. The van der Waals surface area contributed by atoms with Gasteiger partial charge in [0.15, 0.2) is 5.16 Å². The predicted molar refractivity (Wildman–Crippen MR) is 106 cm³/mol. The topological polar surface area (TPSA) is 93.1 Å². The number of rotatable bonds is 6. The molecular formula is C19H24N4O3S. The van der Waals surface area contributed by atoms with Gasteiger partial charge in [0.2, 0.25) is 5.91 Å². The summed E-state index contributed by atoms with van der Waals surface area (Å²) in [6, 6.07) is 6.88. The van der Waals surface area contributed by atoms with Crippen molar-refractivity contribution in [3.05, 3.63) is 34.6 Å². The smallest absolute Gasteiger partial charge is 0.321 e. The Morgan fingerprint density at radius 1 is 1.26 bits per heavy atom. The van der Waals surface area contributed by atoms with Crippen LogP contribution in [0.5, 0.6) is 0 Å². The zero-order valence-electron chi connectivity index (χ0n) is 15.4. The lowest BCUT2D eigenvalue weighted by Crippen LogP contribution is -2.44. The van der Waals surface area contributed by atoms with Gasteiger partial charge in [0.05, 0.1) is 16.7 Å². The number of aromatic nitrogens is 2. The molecule has 1 aromatic carbocycles. The first-order valence-corrected chi connectivity index (χ1v) is 10.3. The van der Waals surface area contributed by atoms with Gasteiger partial charge in [-0.2, -0.15) is 0 Å². The summed E-state index contributed by atoms with van der Waals surface area (Å²) in [4.78, 5) is 41.2. The number of para-hydroxylation sites is 1. The largest absolute Gasteiger partial charge is 0.335 e. The van der Waals surface area contributed by atoms with E-state index in [1.54, 1.807) is 16.7 Å². The Bertz CT molecular complexity index is 890. The fourth-order valence-electron chi connectivity index (χ4n) is 3.26. The van der Waals surface area contributed by atoms with Gasteiger partial charge in [0.25, 0.3) is 5.56 Å². The molecule has 2 aromatic rings. The van der Waals surface area contributed by atoms with E-state index >= 15 is 0 Å². The van der Waals surface area contributed by atoms with Gasteiger partial charge >= 0.3 is 6.03 Å². The van der Waals surface area contributed by atoms with Crippen LogP contribution in [0.15, 0.2) is 34.2 Å². The van der Waals surface area contributed by atoms with E-state index in [-0.39, 0.29) is 17.4 Å². The molecule has 7 nitrogen and oxygen atoms in total. The average Bonchev–Trinajstić information content (AvgIpc) is 3.15. The highest BCUT2D eigenvalue weighted by atomic mass is 32.2. The number of urea groups is 1. The molecule has 8 heteroatoms. The third-order valence-corrected chi connectivity index (χ3v) is 5.53. The summed E-state index contributed by atoms with van der Waals surface area (Å²) in [6.45, 7) is 2.51. The van der Waals surface area contributed by atoms with E-state index in [0.29, 0.717) is 22.6 Å². The van der Waals surface area contributed by atoms with Crippen molar-refractivity contribution < 1.29 is 9.59 Å². The maximum Gasteiger partial charge on any atom is 0.321 e. The Morgan fingerprint density at radius 3 is 2.74 bits per heavy atom. The van der Waals surface area contributed by atoms with Crippen LogP contribution < -0.4 is 16.2 Å². The Hall–Kier alpha value is -2.35. The minimum absolute atomic E-state index is 0.0204. The third kappa shape index (κ3) is 4.88. The van der Waals surface area contributed by atoms with Gasteiger partial charge in [-0.1, -0.05) is 43.7 Å². The SMILES string of the molecule is CCCn1c(SCC(=O)NC(=O)NC2CCCC2)nc2ccccc2c1=O. The molecular weight excluding hydrogens is 364 g/mol. The minimum atomic E-state index is -0.454. The van der Waals surface area contributed by atoms with Crippen LogP contribution in [0, 0.1) is 0 Å².